The predicted molar refractivity (Wildman–Crippen MR) is 89.4 cm³/mol. The molecule has 0 saturated carbocycles. The zero-order chi connectivity index (χ0) is 15.7. The fraction of sp³-hybridized carbons (Fsp3) is 0.176. The van der Waals surface area contributed by atoms with Crippen LogP contribution >= 0.6 is 11.3 Å². The van der Waals surface area contributed by atoms with Gasteiger partial charge in [0.15, 0.2) is 0 Å². The summed E-state index contributed by atoms with van der Waals surface area (Å²) in [6.45, 7) is 1.93. The van der Waals surface area contributed by atoms with Crippen molar-refractivity contribution in [3.63, 3.8) is 0 Å². The number of para-hydroxylation sites is 1. The fourth-order valence-electron chi connectivity index (χ4n) is 2.48. The molecule has 112 valence electrons. The maximum Gasteiger partial charge on any atom is 0.252 e. The first-order valence-electron chi connectivity index (χ1n) is 6.99. The van der Waals surface area contributed by atoms with Gasteiger partial charge in [0.2, 0.25) is 0 Å². The van der Waals surface area contributed by atoms with E-state index in [-0.39, 0.29) is 17.5 Å². The number of amides is 1. The Bertz CT molecular complexity index is 881. The van der Waals surface area contributed by atoms with Gasteiger partial charge in [-0.3, -0.25) is 9.59 Å². The fourth-order valence-corrected chi connectivity index (χ4v) is 3.23. The van der Waals surface area contributed by atoms with Gasteiger partial charge in [-0.05, 0) is 35.4 Å². The number of nitrogens with zero attached hydrogens (tertiary/aromatic N) is 1. The monoisotopic (exact) mass is 312 g/mol. The van der Waals surface area contributed by atoms with Crippen LogP contribution in [-0.4, -0.2) is 10.5 Å². The molecule has 0 spiro atoms. The lowest BCUT2D eigenvalue weighted by Crippen LogP contribution is -2.29. The van der Waals surface area contributed by atoms with Crippen LogP contribution in [0.2, 0.25) is 0 Å². The van der Waals surface area contributed by atoms with Crippen LogP contribution in [0.4, 0.5) is 0 Å². The lowest BCUT2D eigenvalue weighted by Gasteiger charge is -2.14. The minimum atomic E-state index is -0.229. The molecule has 22 heavy (non-hydrogen) atoms. The van der Waals surface area contributed by atoms with Crippen molar-refractivity contribution in [2.24, 2.45) is 7.05 Å². The molecule has 2 aromatic heterocycles. The largest absolute Gasteiger partial charge is 0.345 e. The van der Waals surface area contributed by atoms with Crippen LogP contribution in [0, 0.1) is 0 Å². The molecule has 2 heterocycles. The van der Waals surface area contributed by atoms with Gasteiger partial charge in [0.05, 0.1) is 17.1 Å². The molecule has 3 rings (SSSR count). The first-order valence-corrected chi connectivity index (χ1v) is 7.94. The van der Waals surface area contributed by atoms with Crippen LogP contribution in [0.3, 0.4) is 0 Å². The Hall–Kier alpha value is -2.40. The topological polar surface area (TPSA) is 51.1 Å². The molecule has 0 aliphatic rings. The third-order valence-corrected chi connectivity index (χ3v) is 4.49. The minimum absolute atomic E-state index is 0.0958. The zero-order valence-electron chi connectivity index (χ0n) is 12.4. The van der Waals surface area contributed by atoms with E-state index in [4.69, 9.17) is 0 Å². The molecule has 0 fully saturated rings. The maximum atomic E-state index is 12.6. The second-order valence-electron chi connectivity index (χ2n) is 5.22. The van der Waals surface area contributed by atoms with E-state index in [9.17, 15) is 9.59 Å². The molecule has 0 aliphatic carbocycles. The molecule has 1 atom stereocenters. The number of rotatable bonds is 3. The van der Waals surface area contributed by atoms with Crippen molar-refractivity contribution in [3.8, 4) is 0 Å². The summed E-state index contributed by atoms with van der Waals surface area (Å²) in [6.07, 6.45) is 0. The molecule has 0 bridgehead atoms. The van der Waals surface area contributed by atoms with Gasteiger partial charge in [-0.15, -0.1) is 0 Å². The molecule has 1 amide bonds. The molecule has 4 nitrogen and oxygen atoms in total. The summed E-state index contributed by atoms with van der Waals surface area (Å²) >= 11 is 1.59. The molecule has 1 N–H and O–H groups in total. The first-order chi connectivity index (χ1) is 10.6. The summed E-state index contributed by atoms with van der Waals surface area (Å²) in [4.78, 5) is 24.6. The quantitative estimate of drug-likeness (QED) is 0.808. The van der Waals surface area contributed by atoms with Crippen LogP contribution in [-0.2, 0) is 7.05 Å². The lowest BCUT2D eigenvalue weighted by atomic mass is 10.1. The van der Waals surface area contributed by atoms with Crippen LogP contribution in [0.25, 0.3) is 10.9 Å². The SMILES string of the molecule is CC(NC(=O)c1cc(=O)n(C)c2ccccc12)c1ccsc1. The van der Waals surface area contributed by atoms with Crippen molar-refractivity contribution in [1.82, 2.24) is 9.88 Å². The Morgan fingerprint density at radius 1 is 1.27 bits per heavy atom. The molecule has 1 unspecified atom stereocenters. The van der Waals surface area contributed by atoms with E-state index < -0.39 is 0 Å². The Kier molecular flexibility index (Phi) is 3.81. The van der Waals surface area contributed by atoms with E-state index in [1.54, 1.807) is 23.0 Å². The zero-order valence-corrected chi connectivity index (χ0v) is 13.2. The van der Waals surface area contributed by atoms with Gasteiger partial charge < -0.3 is 9.88 Å². The van der Waals surface area contributed by atoms with Crippen LogP contribution in [0.1, 0.15) is 28.9 Å². The summed E-state index contributed by atoms with van der Waals surface area (Å²) in [5, 5.41) is 7.72. The minimum Gasteiger partial charge on any atom is -0.345 e. The Morgan fingerprint density at radius 2 is 2.05 bits per heavy atom. The van der Waals surface area contributed by atoms with E-state index in [2.05, 4.69) is 5.32 Å². The van der Waals surface area contributed by atoms with Crippen LogP contribution in [0.5, 0.6) is 0 Å². The number of benzene rings is 1. The van der Waals surface area contributed by atoms with E-state index in [0.717, 1.165) is 16.5 Å². The summed E-state index contributed by atoms with van der Waals surface area (Å²) in [6, 6.07) is 10.7. The summed E-state index contributed by atoms with van der Waals surface area (Å²) in [5.41, 5.74) is 2.04. The number of hydrogen-bond acceptors (Lipinski definition) is 3. The third kappa shape index (κ3) is 2.55. The number of aromatic nitrogens is 1. The number of carbonyl (C=O) groups is 1. The van der Waals surface area contributed by atoms with Crippen LogP contribution < -0.4 is 10.9 Å². The van der Waals surface area contributed by atoms with Crippen molar-refractivity contribution in [3.05, 3.63) is 68.6 Å². The highest BCUT2D eigenvalue weighted by Gasteiger charge is 2.16. The van der Waals surface area contributed by atoms with Gasteiger partial charge in [-0.25, -0.2) is 0 Å². The number of pyridine rings is 1. The molecule has 0 radical (unpaired) electrons. The van der Waals surface area contributed by atoms with E-state index >= 15 is 0 Å². The van der Waals surface area contributed by atoms with Crippen molar-refractivity contribution >= 4 is 28.1 Å². The van der Waals surface area contributed by atoms with Gasteiger partial charge in [-0.2, -0.15) is 11.3 Å². The molecule has 1 aromatic carbocycles. The Labute approximate surface area is 132 Å². The standard InChI is InChI=1S/C17H16N2O2S/c1-11(12-7-8-22-10-12)18-17(21)14-9-16(20)19(2)15-6-4-3-5-13(14)15/h3-11H,1-2H3,(H,18,21). The van der Waals surface area contributed by atoms with Crippen molar-refractivity contribution < 1.29 is 4.79 Å². The summed E-state index contributed by atoms with van der Waals surface area (Å²) in [5.74, 6) is -0.229. The highest BCUT2D eigenvalue weighted by Crippen LogP contribution is 2.19. The highest BCUT2D eigenvalue weighted by molar-refractivity contribution is 7.07. The van der Waals surface area contributed by atoms with Gasteiger partial charge in [-0.1, -0.05) is 18.2 Å². The normalized spacial score (nSPS) is 12.3. The number of carbonyl (C=O) groups excluding carboxylic acids is 1. The number of aryl methyl sites for hydroxylation is 1. The van der Waals surface area contributed by atoms with Gasteiger partial charge in [0.25, 0.3) is 11.5 Å². The second-order valence-corrected chi connectivity index (χ2v) is 6.00. The highest BCUT2D eigenvalue weighted by atomic mass is 32.1. The molecule has 3 aromatic rings. The van der Waals surface area contributed by atoms with Gasteiger partial charge >= 0.3 is 0 Å². The number of thiophene rings is 1. The van der Waals surface area contributed by atoms with E-state index in [0.29, 0.717) is 5.56 Å². The van der Waals surface area contributed by atoms with E-state index in [1.165, 1.54) is 6.07 Å². The average molecular weight is 312 g/mol. The first kappa shape index (κ1) is 14.5. The summed E-state index contributed by atoms with van der Waals surface area (Å²) in [7, 11) is 1.71. The molecule has 0 saturated heterocycles. The third-order valence-electron chi connectivity index (χ3n) is 3.79. The molecular weight excluding hydrogens is 296 g/mol. The average Bonchev–Trinajstić information content (AvgIpc) is 3.05. The predicted octanol–water partition coefficient (Wildman–Crippen LogP) is 3.09. The smallest absolute Gasteiger partial charge is 0.252 e. The second kappa shape index (κ2) is 5.77. The van der Waals surface area contributed by atoms with Gasteiger partial charge in [0, 0.05) is 18.5 Å². The van der Waals surface area contributed by atoms with E-state index in [1.807, 2.05) is 48.0 Å². The molecular formula is C17H16N2O2S. The van der Waals surface area contributed by atoms with Crippen molar-refractivity contribution in [2.45, 2.75) is 13.0 Å². The lowest BCUT2D eigenvalue weighted by molar-refractivity contribution is 0.0941. The number of fused-ring (bicyclic) bond motifs is 1. The molecule has 0 aliphatic heterocycles. The summed E-state index contributed by atoms with van der Waals surface area (Å²) < 4.78 is 1.55. The Balaban J connectivity index is 2.01. The number of nitrogens with one attached hydrogen (secondary N) is 1. The molecule has 5 heteroatoms. The number of hydrogen-bond donors (Lipinski definition) is 1. The maximum absolute atomic E-state index is 12.6. The Morgan fingerprint density at radius 3 is 2.77 bits per heavy atom. The van der Waals surface area contributed by atoms with Crippen molar-refractivity contribution in [2.75, 3.05) is 0 Å². The van der Waals surface area contributed by atoms with Crippen LogP contribution in [0.15, 0.2) is 52.0 Å². The van der Waals surface area contributed by atoms with Crippen molar-refractivity contribution in [1.29, 1.82) is 0 Å². The van der Waals surface area contributed by atoms with Gasteiger partial charge in [0.1, 0.15) is 0 Å².